The summed E-state index contributed by atoms with van der Waals surface area (Å²) < 4.78 is 26.8. The lowest BCUT2D eigenvalue weighted by Gasteiger charge is -2.34. The van der Waals surface area contributed by atoms with Crippen molar-refractivity contribution in [2.45, 2.75) is 6.92 Å². The molecule has 9 heteroatoms. The lowest BCUT2D eigenvalue weighted by Crippen LogP contribution is -2.49. The van der Waals surface area contributed by atoms with E-state index in [0.29, 0.717) is 37.7 Å². The van der Waals surface area contributed by atoms with Gasteiger partial charge in [-0.25, -0.2) is 18.4 Å². The van der Waals surface area contributed by atoms with Gasteiger partial charge in [-0.15, -0.1) is 11.3 Å². The predicted molar refractivity (Wildman–Crippen MR) is 113 cm³/mol. The Bertz CT molecular complexity index is 1050. The molecule has 0 saturated carbocycles. The van der Waals surface area contributed by atoms with E-state index in [9.17, 15) is 8.42 Å². The number of nitrogen functional groups attached to an aromatic ring is 1. The number of benzene rings is 1. The van der Waals surface area contributed by atoms with Crippen LogP contribution in [0.5, 0.6) is 0 Å². The summed E-state index contributed by atoms with van der Waals surface area (Å²) in [5.41, 5.74) is 6.78. The molecule has 144 valence electrons. The number of rotatable bonds is 4. The number of nitrogens with two attached hydrogens (primary N) is 1. The molecular weight excluding hydrogens is 382 g/mol. The Labute approximate surface area is 164 Å². The minimum atomic E-state index is -3.15. The molecule has 3 aromatic rings. The first kappa shape index (κ1) is 18.1. The second-order valence-electron chi connectivity index (χ2n) is 6.40. The van der Waals surface area contributed by atoms with Crippen LogP contribution < -0.4 is 10.6 Å². The van der Waals surface area contributed by atoms with E-state index in [1.54, 1.807) is 28.8 Å². The van der Waals surface area contributed by atoms with Gasteiger partial charge in [0.05, 0.1) is 16.8 Å². The molecule has 0 atom stereocenters. The number of thiophene rings is 1. The molecule has 7 nitrogen and oxygen atoms in total. The third kappa shape index (κ3) is 3.50. The highest BCUT2D eigenvalue weighted by Crippen LogP contribution is 2.35. The van der Waals surface area contributed by atoms with E-state index >= 15 is 0 Å². The zero-order chi connectivity index (χ0) is 19.0. The number of aromatic nitrogens is 2. The van der Waals surface area contributed by atoms with Crippen molar-refractivity contribution in [2.24, 2.45) is 0 Å². The first-order valence-electron chi connectivity index (χ1n) is 8.82. The molecule has 1 aliphatic rings. The first-order valence-corrected chi connectivity index (χ1v) is 11.2. The SMILES string of the molecule is CCS(=O)(=O)N1CCN(c2cnc(N)c(-c3cc4ccccc4s3)n2)CC1.[HH]. The number of nitrogens with zero attached hydrogens (tertiary/aromatic N) is 4. The van der Waals surface area contributed by atoms with Crippen molar-refractivity contribution in [3.05, 3.63) is 36.5 Å². The molecule has 3 heterocycles. The molecule has 0 spiro atoms. The molecule has 1 aliphatic heterocycles. The maximum atomic E-state index is 12.0. The normalized spacial score (nSPS) is 16.1. The van der Waals surface area contributed by atoms with Crippen LogP contribution in [0, 0.1) is 0 Å². The molecule has 0 amide bonds. The molecule has 2 aromatic heterocycles. The summed E-state index contributed by atoms with van der Waals surface area (Å²) in [6.45, 7) is 3.76. The number of hydrogen-bond acceptors (Lipinski definition) is 7. The maximum absolute atomic E-state index is 12.0. The Balaban J connectivity index is 0.00000225. The fourth-order valence-electron chi connectivity index (χ4n) is 3.20. The van der Waals surface area contributed by atoms with Crippen molar-refractivity contribution in [1.82, 2.24) is 14.3 Å². The van der Waals surface area contributed by atoms with Gasteiger partial charge in [-0.2, -0.15) is 4.31 Å². The number of sulfonamides is 1. The Kier molecular flexibility index (Phi) is 4.75. The van der Waals surface area contributed by atoms with Crippen LogP contribution in [-0.4, -0.2) is 54.6 Å². The van der Waals surface area contributed by atoms with E-state index in [0.717, 1.165) is 16.1 Å². The lowest BCUT2D eigenvalue weighted by atomic mass is 10.2. The topological polar surface area (TPSA) is 92.4 Å². The zero-order valence-corrected chi connectivity index (χ0v) is 16.6. The van der Waals surface area contributed by atoms with Crippen LogP contribution in [0.2, 0.25) is 0 Å². The molecule has 0 bridgehead atoms. The van der Waals surface area contributed by atoms with Gasteiger partial charge in [0.25, 0.3) is 0 Å². The average molecular weight is 406 g/mol. The van der Waals surface area contributed by atoms with Gasteiger partial charge in [0.1, 0.15) is 11.5 Å². The van der Waals surface area contributed by atoms with E-state index in [1.807, 2.05) is 12.1 Å². The Hall–Kier alpha value is -2.23. The second-order valence-corrected chi connectivity index (χ2v) is 9.74. The fourth-order valence-corrected chi connectivity index (χ4v) is 5.35. The van der Waals surface area contributed by atoms with Crippen molar-refractivity contribution >= 4 is 43.1 Å². The van der Waals surface area contributed by atoms with E-state index in [4.69, 9.17) is 10.7 Å². The second kappa shape index (κ2) is 7.06. The largest absolute Gasteiger partial charge is 0.382 e. The van der Waals surface area contributed by atoms with Crippen LogP contribution in [0.3, 0.4) is 0 Å². The van der Waals surface area contributed by atoms with Crippen molar-refractivity contribution in [3.63, 3.8) is 0 Å². The van der Waals surface area contributed by atoms with E-state index < -0.39 is 10.0 Å². The fraction of sp³-hybridized carbons (Fsp3) is 0.333. The van der Waals surface area contributed by atoms with Gasteiger partial charge in [-0.05, 0) is 24.4 Å². The molecule has 4 rings (SSSR count). The highest BCUT2D eigenvalue weighted by atomic mass is 32.2. The van der Waals surface area contributed by atoms with Crippen LogP contribution in [0.4, 0.5) is 11.6 Å². The number of piperazine rings is 1. The smallest absolute Gasteiger partial charge is 0.213 e. The van der Waals surface area contributed by atoms with E-state index in [1.165, 1.54) is 4.70 Å². The van der Waals surface area contributed by atoms with Gasteiger partial charge in [-0.1, -0.05) is 18.2 Å². The minimum Gasteiger partial charge on any atom is -0.382 e. The van der Waals surface area contributed by atoms with Crippen LogP contribution in [0.1, 0.15) is 8.35 Å². The monoisotopic (exact) mass is 405 g/mol. The van der Waals surface area contributed by atoms with Crippen molar-refractivity contribution in [2.75, 3.05) is 42.6 Å². The molecule has 1 fully saturated rings. The van der Waals surface area contributed by atoms with Crippen molar-refractivity contribution in [1.29, 1.82) is 0 Å². The summed E-state index contributed by atoms with van der Waals surface area (Å²) >= 11 is 1.64. The summed E-state index contributed by atoms with van der Waals surface area (Å²) in [5.74, 6) is 1.26. The average Bonchev–Trinajstić information content (AvgIpc) is 3.12. The van der Waals surface area contributed by atoms with Gasteiger partial charge in [-0.3, -0.25) is 0 Å². The van der Waals surface area contributed by atoms with Crippen molar-refractivity contribution < 1.29 is 9.84 Å². The molecule has 0 unspecified atom stereocenters. The van der Waals surface area contributed by atoms with Gasteiger partial charge in [0.2, 0.25) is 10.0 Å². The quantitative estimate of drug-likeness (QED) is 0.717. The first-order chi connectivity index (χ1) is 13.0. The summed E-state index contributed by atoms with van der Waals surface area (Å²) in [5, 5.41) is 1.16. The molecule has 1 aromatic carbocycles. The molecule has 2 N–H and O–H groups in total. The summed E-state index contributed by atoms with van der Waals surface area (Å²) in [4.78, 5) is 12.1. The number of anilines is 2. The molecular formula is C18H23N5O2S2. The maximum Gasteiger partial charge on any atom is 0.213 e. The molecule has 0 radical (unpaired) electrons. The standard InChI is InChI=1S/C18H21N5O2S2.H2/c1-2-27(24,25)23-9-7-22(8-10-23)16-12-20-18(19)17(21-16)15-11-13-5-3-4-6-14(13)26-15;/h3-6,11-12H,2,7-10H2,1H3,(H2,19,20);1H. The van der Waals surface area contributed by atoms with Gasteiger partial charge < -0.3 is 10.6 Å². The Morgan fingerprint density at radius 1 is 1.22 bits per heavy atom. The molecule has 1 saturated heterocycles. The third-order valence-electron chi connectivity index (χ3n) is 4.77. The third-order valence-corrected chi connectivity index (χ3v) is 7.77. The molecule has 27 heavy (non-hydrogen) atoms. The van der Waals surface area contributed by atoms with Gasteiger partial charge >= 0.3 is 0 Å². The summed E-state index contributed by atoms with van der Waals surface area (Å²) in [6.07, 6.45) is 1.66. The minimum absolute atomic E-state index is 0. The highest BCUT2D eigenvalue weighted by Gasteiger charge is 2.26. The van der Waals surface area contributed by atoms with E-state index in [-0.39, 0.29) is 7.18 Å². The van der Waals surface area contributed by atoms with Crippen molar-refractivity contribution in [3.8, 4) is 10.6 Å². The van der Waals surface area contributed by atoms with Crippen LogP contribution >= 0.6 is 11.3 Å². The number of hydrogen-bond donors (Lipinski definition) is 1. The van der Waals surface area contributed by atoms with Gasteiger partial charge in [0.15, 0.2) is 5.82 Å². The van der Waals surface area contributed by atoms with Crippen LogP contribution in [0.15, 0.2) is 36.5 Å². The van der Waals surface area contributed by atoms with Crippen LogP contribution in [0.25, 0.3) is 20.7 Å². The van der Waals surface area contributed by atoms with E-state index in [2.05, 4.69) is 28.1 Å². The summed E-state index contributed by atoms with van der Waals surface area (Å²) in [7, 11) is -3.15. The Morgan fingerprint density at radius 2 is 1.96 bits per heavy atom. The van der Waals surface area contributed by atoms with Gasteiger partial charge in [0, 0.05) is 32.3 Å². The number of fused-ring (bicyclic) bond motifs is 1. The molecule has 0 aliphatic carbocycles. The predicted octanol–water partition coefficient (Wildman–Crippen LogP) is 2.66. The van der Waals surface area contributed by atoms with Crippen LogP contribution in [-0.2, 0) is 10.0 Å². The Morgan fingerprint density at radius 3 is 2.67 bits per heavy atom. The highest BCUT2D eigenvalue weighted by molar-refractivity contribution is 7.89. The lowest BCUT2D eigenvalue weighted by molar-refractivity contribution is 0.384. The zero-order valence-electron chi connectivity index (χ0n) is 15.0. The summed E-state index contributed by atoms with van der Waals surface area (Å²) in [6, 6.07) is 10.2.